The van der Waals surface area contributed by atoms with E-state index in [0.717, 1.165) is 17.3 Å². The lowest BCUT2D eigenvalue weighted by molar-refractivity contribution is -0.112. The molecule has 2 heterocycles. The Morgan fingerprint density at radius 3 is 2.63 bits per heavy atom. The van der Waals surface area contributed by atoms with Gasteiger partial charge in [-0.25, -0.2) is 13.5 Å². The van der Waals surface area contributed by atoms with Gasteiger partial charge in [-0.3, -0.25) is 9.59 Å². The van der Waals surface area contributed by atoms with Gasteiger partial charge in [-0.05, 0) is 55.0 Å². The van der Waals surface area contributed by atoms with Crippen LogP contribution in [-0.4, -0.2) is 41.2 Å². The smallest absolute Gasteiger partial charge is 0.275 e. The number of amides is 2. The van der Waals surface area contributed by atoms with Crippen molar-refractivity contribution in [2.24, 2.45) is 0 Å². The molecule has 2 amide bonds. The summed E-state index contributed by atoms with van der Waals surface area (Å²) in [4.78, 5) is 27.9. The lowest BCUT2D eigenvalue weighted by Gasteiger charge is -2.23. The van der Waals surface area contributed by atoms with Gasteiger partial charge in [-0.15, -0.1) is 0 Å². The van der Waals surface area contributed by atoms with E-state index in [1.807, 2.05) is 19.1 Å². The average Bonchev–Trinajstić information content (AvgIpc) is 3.34. The molecular formula is C31H27ClF2N4O3. The van der Waals surface area contributed by atoms with Crippen molar-refractivity contribution >= 4 is 40.4 Å². The second-order valence-corrected chi connectivity index (χ2v) is 10.1. The highest BCUT2D eigenvalue weighted by molar-refractivity contribution is 6.34. The summed E-state index contributed by atoms with van der Waals surface area (Å²) in [5.41, 5.74) is 2.80. The first-order valence-corrected chi connectivity index (χ1v) is 13.3. The van der Waals surface area contributed by atoms with Crippen LogP contribution in [0.15, 0.2) is 85.1 Å². The average molecular weight is 577 g/mol. The Labute approximate surface area is 241 Å². The first-order chi connectivity index (χ1) is 19.7. The van der Waals surface area contributed by atoms with Gasteiger partial charge in [0.05, 0.1) is 34.3 Å². The quantitative estimate of drug-likeness (QED) is 0.260. The van der Waals surface area contributed by atoms with Crippen LogP contribution in [0.1, 0.15) is 33.6 Å². The van der Waals surface area contributed by atoms with Crippen LogP contribution in [0.3, 0.4) is 0 Å². The summed E-state index contributed by atoms with van der Waals surface area (Å²) < 4.78 is 37.9. The summed E-state index contributed by atoms with van der Waals surface area (Å²) in [5, 5.41) is 7.17. The molecule has 0 bridgehead atoms. The molecule has 4 aromatic rings. The number of hydrogen-bond acceptors (Lipinski definition) is 4. The maximum absolute atomic E-state index is 15.6. The van der Waals surface area contributed by atoms with Gasteiger partial charge >= 0.3 is 0 Å². The van der Waals surface area contributed by atoms with Crippen LogP contribution in [0, 0.1) is 6.92 Å². The second-order valence-electron chi connectivity index (χ2n) is 9.67. The lowest BCUT2D eigenvalue weighted by Crippen LogP contribution is -2.33. The van der Waals surface area contributed by atoms with Gasteiger partial charge in [0.2, 0.25) is 5.91 Å². The molecule has 41 heavy (non-hydrogen) atoms. The number of rotatable bonds is 6. The van der Waals surface area contributed by atoms with Gasteiger partial charge < -0.3 is 15.0 Å². The number of methoxy groups -OCH3 is 1. The second kappa shape index (κ2) is 11.6. The Balaban J connectivity index is 1.47. The van der Waals surface area contributed by atoms with Crippen molar-refractivity contribution in [2.45, 2.75) is 25.9 Å². The molecule has 0 fully saturated rings. The highest BCUT2D eigenvalue weighted by Gasteiger charge is 2.41. The summed E-state index contributed by atoms with van der Waals surface area (Å²) >= 11 is 6.52. The number of alkyl halides is 2. The van der Waals surface area contributed by atoms with Crippen LogP contribution in [0.4, 0.5) is 20.2 Å². The van der Waals surface area contributed by atoms with Gasteiger partial charge in [0.1, 0.15) is 0 Å². The van der Waals surface area contributed by atoms with Gasteiger partial charge in [-0.1, -0.05) is 41.9 Å². The van der Waals surface area contributed by atoms with Crippen LogP contribution >= 0.6 is 11.6 Å². The molecule has 3 aromatic carbocycles. The number of fused-ring (bicyclic) bond motifs is 1. The number of carbonyl (C=O) groups excluding carboxylic acids is 2. The minimum atomic E-state index is -3.38. The third kappa shape index (κ3) is 6.06. The van der Waals surface area contributed by atoms with Crippen molar-refractivity contribution < 1.29 is 23.1 Å². The fourth-order valence-electron chi connectivity index (χ4n) is 4.77. The van der Waals surface area contributed by atoms with Crippen LogP contribution in [-0.2, 0) is 16.1 Å². The van der Waals surface area contributed by atoms with Crippen LogP contribution < -0.4 is 10.2 Å². The zero-order valence-electron chi connectivity index (χ0n) is 22.4. The molecule has 5 rings (SSSR count). The number of nitrogens with one attached hydrogen (secondary N) is 1. The standard InChI is InChI=1S/C31H27ClF2N4O3/c1-20-12-14-38(36-20)23-10-11-25(27(32)17-23)30(40)37-15-13-31(33,34)26(24-8-3-4-9-28(24)37)18-29(39)35-22-7-5-6-21(16-22)19-41-2/h3-12,14,16-18H,13,15,19H2,1-2H3,(H,35,39). The molecule has 210 valence electrons. The molecule has 0 unspecified atom stereocenters. The molecule has 10 heteroatoms. The summed E-state index contributed by atoms with van der Waals surface area (Å²) in [5.74, 6) is -4.62. The first kappa shape index (κ1) is 28.2. The Hall–Kier alpha value is -4.34. The molecular weight excluding hydrogens is 550 g/mol. The molecule has 0 spiro atoms. The van der Waals surface area contributed by atoms with E-state index in [1.54, 1.807) is 72.6 Å². The highest BCUT2D eigenvalue weighted by Crippen LogP contribution is 2.43. The fraction of sp³-hybridized carbons (Fsp3) is 0.194. The van der Waals surface area contributed by atoms with Crippen LogP contribution in [0.2, 0.25) is 5.02 Å². The molecule has 1 N–H and O–H groups in total. The fourth-order valence-corrected chi connectivity index (χ4v) is 5.03. The number of benzene rings is 3. The summed E-state index contributed by atoms with van der Waals surface area (Å²) in [6.07, 6.45) is 2.00. The molecule has 1 aliphatic heterocycles. The number of nitrogens with zero attached hydrogens (tertiary/aromatic N) is 3. The van der Waals surface area contributed by atoms with Gasteiger partial charge in [0.15, 0.2) is 0 Å². The molecule has 0 atom stereocenters. The van der Waals surface area contributed by atoms with Crippen molar-refractivity contribution in [1.82, 2.24) is 9.78 Å². The number of aromatic nitrogens is 2. The third-order valence-corrected chi connectivity index (χ3v) is 7.04. The highest BCUT2D eigenvalue weighted by atomic mass is 35.5. The number of para-hydroxylation sites is 1. The van der Waals surface area contributed by atoms with E-state index in [0.29, 0.717) is 18.0 Å². The molecule has 1 aliphatic rings. The van der Waals surface area contributed by atoms with E-state index in [2.05, 4.69) is 10.4 Å². The van der Waals surface area contributed by atoms with E-state index < -0.39 is 29.7 Å². The zero-order valence-corrected chi connectivity index (χ0v) is 23.2. The monoisotopic (exact) mass is 576 g/mol. The number of hydrogen-bond donors (Lipinski definition) is 1. The predicted octanol–water partition coefficient (Wildman–Crippen LogP) is 6.69. The predicted molar refractivity (Wildman–Crippen MR) is 155 cm³/mol. The Bertz CT molecular complexity index is 1650. The zero-order chi connectivity index (χ0) is 29.1. The van der Waals surface area contributed by atoms with Crippen molar-refractivity contribution in [3.05, 3.63) is 112 Å². The minimum Gasteiger partial charge on any atom is -0.380 e. The number of anilines is 2. The Kier molecular flexibility index (Phi) is 8.01. The summed E-state index contributed by atoms with van der Waals surface area (Å²) in [6, 6.07) is 20.0. The van der Waals surface area contributed by atoms with E-state index in [1.165, 1.54) is 11.0 Å². The van der Waals surface area contributed by atoms with Crippen molar-refractivity contribution in [3.8, 4) is 5.69 Å². The van der Waals surface area contributed by atoms with Crippen molar-refractivity contribution in [2.75, 3.05) is 23.9 Å². The van der Waals surface area contributed by atoms with E-state index in [9.17, 15) is 9.59 Å². The van der Waals surface area contributed by atoms with E-state index in [-0.39, 0.29) is 28.4 Å². The van der Waals surface area contributed by atoms with Crippen molar-refractivity contribution in [1.29, 1.82) is 0 Å². The number of carbonyl (C=O) groups is 2. The topological polar surface area (TPSA) is 76.5 Å². The SMILES string of the molecule is COCc1cccc(NC(=O)C=C2c3ccccc3N(C(=O)c3ccc(-n4ccc(C)n4)cc3Cl)CCC2(F)F)c1. The maximum Gasteiger partial charge on any atom is 0.275 e. The Morgan fingerprint density at radius 1 is 1.10 bits per heavy atom. The molecule has 0 saturated heterocycles. The molecule has 7 nitrogen and oxygen atoms in total. The number of aryl methyl sites for hydroxylation is 1. The van der Waals surface area contributed by atoms with Crippen LogP contribution in [0.5, 0.6) is 0 Å². The molecule has 0 aliphatic carbocycles. The number of allylic oxidation sites excluding steroid dienone is 1. The third-order valence-electron chi connectivity index (χ3n) is 6.72. The first-order valence-electron chi connectivity index (χ1n) is 12.9. The van der Waals surface area contributed by atoms with Gasteiger partial charge in [-0.2, -0.15) is 5.10 Å². The summed E-state index contributed by atoms with van der Waals surface area (Å²) in [7, 11) is 1.56. The van der Waals surface area contributed by atoms with Crippen molar-refractivity contribution in [3.63, 3.8) is 0 Å². The van der Waals surface area contributed by atoms with E-state index in [4.69, 9.17) is 16.3 Å². The molecule has 0 saturated carbocycles. The molecule has 0 radical (unpaired) electrons. The maximum atomic E-state index is 15.6. The largest absolute Gasteiger partial charge is 0.380 e. The van der Waals surface area contributed by atoms with Gasteiger partial charge in [0.25, 0.3) is 11.8 Å². The summed E-state index contributed by atoms with van der Waals surface area (Å²) in [6.45, 7) is 1.92. The minimum absolute atomic E-state index is 0.0893. The number of ether oxygens (including phenoxy) is 1. The molecule has 1 aromatic heterocycles. The van der Waals surface area contributed by atoms with E-state index >= 15 is 8.78 Å². The number of halogens is 3. The van der Waals surface area contributed by atoms with Gasteiger partial charge in [0, 0.05) is 49.2 Å². The lowest BCUT2D eigenvalue weighted by atomic mass is 9.97. The normalized spacial score (nSPS) is 15.3. The van der Waals surface area contributed by atoms with Crippen LogP contribution in [0.25, 0.3) is 11.3 Å². The Morgan fingerprint density at radius 2 is 1.90 bits per heavy atom.